The molecule has 2 aromatic rings. The van der Waals surface area contributed by atoms with E-state index in [1.807, 2.05) is 19.1 Å². The highest BCUT2D eigenvalue weighted by molar-refractivity contribution is 9.10. The highest BCUT2D eigenvalue weighted by Gasteiger charge is 2.08. The second-order valence-corrected chi connectivity index (χ2v) is 6.08. The standard InChI is InChI=1S/C19H20BrNO5/c1-2-24-16-7-9-17(10-8-16)25-11-12-26-18(22)13-21-19(23)14-3-5-15(20)6-4-14/h3-10H,2,11-13H2,1H3,(H,21,23). The quantitative estimate of drug-likeness (QED) is 0.496. The molecule has 6 nitrogen and oxygen atoms in total. The summed E-state index contributed by atoms with van der Waals surface area (Å²) in [5, 5.41) is 2.51. The number of ether oxygens (including phenoxy) is 3. The molecule has 0 unspecified atom stereocenters. The lowest BCUT2D eigenvalue weighted by molar-refractivity contribution is -0.143. The molecule has 0 radical (unpaired) electrons. The lowest BCUT2D eigenvalue weighted by Gasteiger charge is -2.09. The maximum Gasteiger partial charge on any atom is 0.325 e. The van der Waals surface area contributed by atoms with Crippen molar-refractivity contribution in [1.82, 2.24) is 5.32 Å². The number of carbonyl (C=O) groups is 2. The molecule has 0 saturated carbocycles. The molecule has 0 saturated heterocycles. The summed E-state index contributed by atoms with van der Waals surface area (Å²) in [5.41, 5.74) is 0.472. The first-order chi connectivity index (χ1) is 12.6. The molecule has 7 heteroatoms. The van der Waals surface area contributed by atoms with Crippen LogP contribution in [0.2, 0.25) is 0 Å². The minimum absolute atomic E-state index is 0.0974. The van der Waals surface area contributed by atoms with Crippen molar-refractivity contribution in [3.8, 4) is 11.5 Å². The first-order valence-corrected chi connectivity index (χ1v) is 8.93. The number of benzene rings is 2. The minimum Gasteiger partial charge on any atom is -0.494 e. The summed E-state index contributed by atoms with van der Waals surface area (Å²) >= 11 is 3.30. The third-order valence-corrected chi connectivity index (χ3v) is 3.78. The molecule has 1 N–H and O–H groups in total. The Balaban J connectivity index is 1.62. The first-order valence-electron chi connectivity index (χ1n) is 8.13. The van der Waals surface area contributed by atoms with E-state index in [1.54, 1.807) is 36.4 Å². The van der Waals surface area contributed by atoms with E-state index < -0.39 is 5.97 Å². The smallest absolute Gasteiger partial charge is 0.325 e. The van der Waals surface area contributed by atoms with Crippen LogP contribution >= 0.6 is 15.9 Å². The van der Waals surface area contributed by atoms with Crippen LogP contribution < -0.4 is 14.8 Å². The van der Waals surface area contributed by atoms with Gasteiger partial charge in [-0.2, -0.15) is 0 Å². The van der Waals surface area contributed by atoms with E-state index >= 15 is 0 Å². The van der Waals surface area contributed by atoms with Gasteiger partial charge in [-0.25, -0.2) is 0 Å². The fourth-order valence-electron chi connectivity index (χ4n) is 2.02. The van der Waals surface area contributed by atoms with Gasteiger partial charge >= 0.3 is 5.97 Å². The van der Waals surface area contributed by atoms with E-state index in [0.29, 0.717) is 17.9 Å². The summed E-state index contributed by atoms with van der Waals surface area (Å²) in [5.74, 6) is 0.576. The predicted molar refractivity (Wildman–Crippen MR) is 101 cm³/mol. The molecule has 0 aliphatic rings. The molecule has 0 spiro atoms. The highest BCUT2D eigenvalue weighted by Crippen LogP contribution is 2.17. The fraction of sp³-hybridized carbons (Fsp3) is 0.263. The molecule has 0 aliphatic carbocycles. The van der Waals surface area contributed by atoms with Crippen LogP contribution in [0.15, 0.2) is 53.0 Å². The third kappa shape index (κ3) is 6.76. The van der Waals surface area contributed by atoms with Crippen molar-refractivity contribution in [3.63, 3.8) is 0 Å². The second kappa shape index (κ2) is 10.5. The van der Waals surface area contributed by atoms with E-state index in [9.17, 15) is 9.59 Å². The molecule has 26 heavy (non-hydrogen) atoms. The van der Waals surface area contributed by atoms with Crippen LogP contribution in [0.3, 0.4) is 0 Å². The molecular weight excluding hydrogens is 402 g/mol. The van der Waals surface area contributed by atoms with Crippen LogP contribution in [-0.4, -0.2) is 38.2 Å². The molecule has 0 heterocycles. The van der Waals surface area contributed by atoms with Gasteiger partial charge in [-0.1, -0.05) is 15.9 Å². The number of esters is 1. The molecule has 0 bridgehead atoms. The number of rotatable bonds is 9. The van der Waals surface area contributed by atoms with Crippen molar-refractivity contribution in [1.29, 1.82) is 0 Å². The minimum atomic E-state index is -0.522. The largest absolute Gasteiger partial charge is 0.494 e. The van der Waals surface area contributed by atoms with Gasteiger partial charge in [-0.3, -0.25) is 9.59 Å². The number of nitrogens with one attached hydrogen (secondary N) is 1. The Morgan fingerprint density at radius 2 is 1.54 bits per heavy atom. The Hall–Kier alpha value is -2.54. The van der Waals surface area contributed by atoms with Crippen LogP contribution in [0.4, 0.5) is 0 Å². The van der Waals surface area contributed by atoms with Gasteiger partial charge in [0.25, 0.3) is 5.91 Å². The molecule has 0 atom stereocenters. The van der Waals surface area contributed by atoms with Crippen LogP contribution in [-0.2, 0) is 9.53 Å². The number of hydrogen-bond acceptors (Lipinski definition) is 5. The van der Waals surface area contributed by atoms with Crippen molar-refractivity contribution in [2.75, 3.05) is 26.4 Å². The van der Waals surface area contributed by atoms with Gasteiger partial charge in [-0.15, -0.1) is 0 Å². The second-order valence-electron chi connectivity index (χ2n) is 5.16. The number of amides is 1. The van der Waals surface area contributed by atoms with Crippen LogP contribution in [0, 0.1) is 0 Å². The van der Waals surface area contributed by atoms with E-state index in [0.717, 1.165) is 10.2 Å². The van der Waals surface area contributed by atoms with Crippen molar-refractivity contribution < 1.29 is 23.8 Å². The normalized spacial score (nSPS) is 10.1. The van der Waals surface area contributed by atoms with Gasteiger partial charge in [0, 0.05) is 10.0 Å². The molecule has 2 rings (SSSR count). The van der Waals surface area contributed by atoms with Gasteiger partial charge in [-0.05, 0) is 55.5 Å². The zero-order valence-corrected chi connectivity index (χ0v) is 16.0. The van der Waals surface area contributed by atoms with Gasteiger partial charge in [0.05, 0.1) is 6.61 Å². The van der Waals surface area contributed by atoms with Gasteiger partial charge < -0.3 is 19.5 Å². The summed E-state index contributed by atoms with van der Waals surface area (Å²) in [6, 6.07) is 14.0. The lowest BCUT2D eigenvalue weighted by Crippen LogP contribution is -2.31. The molecule has 1 amide bonds. The van der Waals surface area contributed by atoms with Crippen molar-refractivity contribution in [3.05, 3.63) is 58.6 Å². The Labute approximate surface area is 160 Å². The Bertz CT molecular complexity index is 716. The average molecular weight is 422 g/mol. The van der Waals surface area contributed by atoms with Crippen molar-refractivity contribution in [2.24, 2.45) is 0 Å². The maximum absolute atomic E-state index is 11.9. The Morgan fingerprint density at radius 3 is 2.15 bits per heavy atom. The molecule has 0 fully saturated rings. The van der Waals surface area contributed by atoms with Gasteiger partial charge in [0.1, 0.15) is 31.3 Å². The summed E-state index contributed by atoms with van der Waals surface area (Å²) in [6.07, 6.45) is 0. The first kappa shape index (κ1) is 19.8. The molecule has 0 aliphatic heterocycles. The van der Waals surface area contributed by atoms with Crippen LogP contribution in [0.5, 0.6) is 11.5 Å². The monoisotopic (exact) mass is 421 g/mol. The topological polar surface area (TPSA) is 73.9 Å². The molecular formula is C19H20BrNO5. The van der Waals surface area contributed by atoms with Crippen LogP contribution in [0.25, 0.3) is 0 Å². The predicted octanol–water partition coefficient (Wildman–Crippen LogP) is 3.20. The average Bonchev–Trinajstić information content (AvgIpc) is 2.65. The number of hydrogen-bond donors (Lipinski definition) is 1. The van der Waals surface area contributed by atoms with Gasteiger partial charge in [0.15, 0.2) is 0 Å². The van der Waals surface area contributed by atoms with E-state index in [4.69, 9.17) is 14.2 Å². The third-order valence-electron chi connectivity index (χ3n) is 3.25. The lowest BCUT2D eigenvalue weighted by atomic mass is 10.2. The van der Waals surface area contributed by atoms with Gasteiger partial charge in [0.2, 0.25) is 0 Å². The van der Waals surface area contributed by atoms with Crippen molar-refractivity contribution in [2.45, 2.75) is 6.92 Å². The SMILES string of the molecule is CCOc1ccc(OCCOC(=O)CNC(=O)c2ccc(Br)cc2)cc1. The number of halogens is 1. The maximum atomic E-state index is 11.9. The summed E-state index contributed by atoms with van der Waals surface area (Å²) < 4.78 is 16.7. The Morgan fingerprint density at radius 1 is 0.923 bits per heavy atom. The molecule has 138 valence electrons. The molecule has 0 aromatic heterocycles. The fourth-order valence-corrected chi connectivity index (χ4v) is 2.28. The van der Waals surface area contributed by atoms with Crippen molar-refractivity contribution >= 4 is 27.8 Å². The Kier molecular flexibility index (Phi) is 7.95. The summed E-state index contributed by atoms with van der Waals surface area (Å²) in [6.45, 7) is 2.65. The molecule has 2 aromatic carbocycles. The zero-order valence-electron chi connectivity index (χ0n) is 14.4. The number of carbonyl (C=O) groups excluding carboxylic acids is 2. The van der Waals surface area contributed by atoms with E-state index in [1.165, 1.54) is 0 Å². The summed E-state index contributed by atoms with van der Waals surface area (Å²) in [4.78, 5) is 23.5. The zero-order chi connectivity index (χ0) is 18.8. The van der Waals surface area contributed by atoms with E-state index in [-0.39, 0.29) is 25.7 Å². The summed E-state index contributed by atoms with van der Waals surface area (Å²) in [7, 11) is 0. The van der Waals surface area contributed by atoms with Crippen LogP contribution in [0.1, 0.15) is 17.3 Å². The van der Waals surface area contributed by atoms with E-state index in [2.05, 4.69) is 21.2 Å². The highest BCUT2D eigenvalue weighted by atomic mass is 79.9.